The van der Waals surface area contributed by atoms with Gasteiger partial charge in [0, 0.05) is 44.2 Å². The molecule has 2 aromatic carbocycles. The Morgan fingerprint density at radius 2 is 2.00 bits per heavy atom. The second-order valence-electron chi connectivity index (χ2n) is 7.92. The zero-order valence-electron chi connectivity index (χ0n) is 17.1. The largest absolute Gasteiger partial charge is 0.486 e. The Labute approximate surface area is 188 Å². The highest BCUT2D eigenvalue weighted by molar-refractivity contribution is 9.10. The summed E-state index contributed by atoms with van der Waals surface area (Å²) in [6, 6.07) is 8.80. The number of nitrogens with one attached hydrogen (secondary N) is 1. The molecule has 0 radical (unpaired) electrons. The van der Waals surface area contributed by atoms with Crippen LogP contribution in [0.2, 0.25) is 0 Å². The Balaban J connectivity index is 1.37. The number of hydrogen-bond donors (Lipinski definition) is 1. The lowest BCUT2D eigenvalue weighted by atomic mass is 10.1. The summed E-state index contributed by atoms with van der Waals surface area (Å²) in [5.74, 6) is 1.46. The van der Waals surface area contributed by atoms with Crippen molar-refractivity contribution >= 4 is 38.3 Å². The zero-order chi connectivity index (χ0) is 21.4. The molecule has 3 aromatic rings. The number of aromatic nitrogens is 2. The fourth-order valence-electron chi connectivity index (χ4n) is 3.90. The number of anilines is 2. The number of fused-ring (bicyclic) bond motifs is 2. The molecule has 162 valence electrons. The van der Waals surface area contributed by atoms with Crippen molar-refractivity contribution in [2.75, 3.05) is 51.7 Å². The quantitative estimate of drug-likeness (QED) is 0.602. The van der Waals surface area contributed by atoms with E-state index in [0.29, 0.717) is 39.6 Å². The van der Waals surface area contributed by atoms with Crippen molar-refractivity contribution in [3.05, 3.63) is 46.9 Å². The van der Waals surface area contributed by atoms with Gasteiger partial charge in [0.15, 0.2) is 17.3 Å². The number of nitrogens with zero attached hydrogens (tertiary/aromatic N) is 4. The molecule has 31 heavy (non-hydrogen) atoms. The summed E-state index contributed by atoms with van der Waals surface area (Å²) in [6.07, 6.45) is 1.43. The second-order valence-corrected chi connectivity index (χ2v) is 8.77. The van der Waals surface area contributed by atoms with E-state index in [0.717, 1.165) is 38.1 Å². The third-order valence-electron chi connectivity index (χ3n) is 5.68. The number of piperazine rings is 1. The molecule has 0 bridgehead atoms. The molecule has 3 heterocycles. The summed E-state index contributed by atoms with van der Waals surface area (Å²) in [7, 11) is 2.15. The van der Waals surface area contributed by atoms with Crippen LogP contribution < -0.4 is 14.8 Å². The maximum Gasteiger partial charge on any atom is 0.164 e. The lowest BCUT2D eigenvalue weighted by Gasteiger charge is -2.36. The normalized spacial score (nSPS) is 19.5. The molecule has 1 fully saturated rings. The third kappa shape index (κ3) is 4.30. The first-order valence-electron chi connectivity index (χ1n) is 10.3. The first-order valence-corrected chi connectivity index (χ1v) is 11.1. The van der Waals surface area contributed by atoms with Crippen LogP contribution in [-0.2, 0) is 0 Å². The van der Waals surface area contributed by atoms with Gasteiger partial charge in [-0.15, -0.1) is 0 Å². The van der Waals surface area contributed by atoms with Crippen LogP contribution in [0.25, 0.3) is 10.9 Å². The summed E-state index contributed by atoms with van der Waals surface area (Å²) in [5.41, 5.74) is 1.03. The highest BCUT2D eigenvalue weighted by Gasteiger charge is 2.26. The molecular formula is C22H23BrFN5O2. The van der Waals surface area contributed by atoms with Crippen LogP contribution in [0, 0.1) is 5.82 Å². The average Bonchev–Trinajstić information content (AvgIpc) is 2.77. The standard InChI is InChI=1S/C22H23BrFN5O2/c1-28-5-7-29(8-6-28)11-14-12-30-19-9-15-18(10-20(19)31-14)25-13-26-22(15)27-17-4-2-3-16(23)21(17)24/h2-4,9-10,13-14H,5-8,11-12H2,1H3,(H,25,26,27). The van der Waals surface area contributed by atoms with E-state index < -0.39 is 0 Å². The molecule has 1 saturated heterocycles. The fourth-order valence-corrected chi connectivity index (χ4v) is 4.27. The number of likely N-dealkylation sites (N-methyl/N-ethyl adjacent to an activating group) is 1. The molecule has 0 spiro atoms. The van der Waals surface area contributed by atoms with Gasteiger partial charge in [0.05, 0.1) is 15.7 Å². The Hall–Kier alpha value is -2.49. The molecular weight excluding hydrogens is 465 g/mol. The van der Waals surface area contributed by atoms with Crippen LogP contribution in [0.5, 0.6) is 11.5 Å². The van der Waals surface area contributed by atoms with E-state index in [1.165, 1.54) is 6.33 Å². The summed E-state index contributed by atoms with van der Waals surface area (Å²) in [4.78, 5) is 13.4. The maximum atomic E-state index is 14.4. The van der Waals surface area contributed by atoms with Gasteiger partial charge in [0.1, 0.15) is 24.9 Å². The predicted octanol–water partition coefficient (Wildman–Crippen LogP) is 3.66. The maximum absolute atomic E-state index is 14.4. The lowest BCUT2D eigenvalue weighted by Crippen LogP contribution is -2.49. The van der Waals surface area contributed by atoms with Crippen molar-refractivity contribution in [3.63, 3.8) is 0 Å². The molecule has 1 aromatic heterocycles. The van der Waals surface area contributed by atoms with Crippen LogP contribution >= 0.6 is 15.9 Å². The number of hydrogen-bond acceptors (Lipinski definition) is 7. The minimum Gasteiger partial charge on any atom is -0.486 e. The molecule has 9 heteroatoms. The molecule has 2 aliphatic heterocycles. The Morgan fingerprint density at radius 1 is 1.16 bits per heavy atom. The molecule has 7 nitrogen and oxygen atoms in total. The molecule has 0 aliphatic carbocycles. The lowest BCUT2D eigenvalue weighted by molar-refractivity contribution is 0.0442. The van der Waals surface area contributed by atoms with Gasteiger partial charge in [-0.05, 0) is 41.2 Å². The van der Waals surface area contributed by atoms with Crippen LogP contribution in [0.15, 0.2) is 41.1 Å². The van der Waals surface area contributed by atoms with Crippen LogP contribution in [0.1, 0.15) is 0 Å². The van der Waals surface area contributed by atoms with Crippen molar-refractivity contribution in [3.8, 4) is 11.5 Å². The minimum atomic E-state index is -0.376. The number of rotatable bonds is 4. The number of benzene rings is 2. The SMILES string of the molecule is CN1CCN(CC2COc3cc4c(Nc5cccc(Br)c5F)ncnc4cc3O2)CC1. The molecule has 0 amide bonds. The van der Waals surface area contributed by atoms with E-state index in [2.05, 4.69) is 48.1 Å². The zero-order valence-corrected chi connectivity index (χ0v) is 18.7. The van der Waals surface area contributed by atoms with Crippen LogP contribution in [0.4, 0.5) is 15.9 Å². The summed E-state index contributed by atoms with van der Waals surface area (Å²) < 4.78 is 27.1. The highest BCUT2D eigenvalue weighted by atomic mass is 79.9. The van der Waals surface area contributed by atoms with Gasteiger partial charge in [-0.25, -0.2) is 14.4 Å². The van der Waals surface area contributed by atoms with E-state index in [1.807, 2.05) is 12.1 Å². The van der Waals surface area contributed by atoms with E-state index in [-0.39, 0.29) is 11.9 Å². The van der Waals surface area contributed by atoms with Gasteiger partial charge in [-0.3, -0.25) is 4.90 Å². The predicted molar refractivity (Wildman–Crippen MR) is 121 cm³/mol. The average molecular weight is 488 g/mol. The van der Waals surface area contributed by atoms with Gasteiger partial charge in [-0.1, -0.05) is 6.07 Å². The molecule has 0 saturated carbocycles. The van der Waals surface area contributed by atoms with E-state index in [9.17, 15) is 4.39 Å². The first kappa shape index (κ1) is 20.4. The molecule has 1 N–H and O–H groups in total. The van der Waals surface area contributed by atoms with Crippen molar-refractivity contribution < 1.29 is 13.9 Å². The first-order chi connectivity index (χ1) is 15.1. The summed E-state index contributed by atoms with van der Waals surface area (Å²) in [6.45, 7) is 5.54. The Bertz CT molecular complexity index is 1110. The van der Waals surface area contributed by atoms with Crippen LogP contribution in [-0.4, -0.2) is 72.3 Å². The minimum absolute atomic E-state index is 0.0245. The molecule has 1 unspecified atom stereocenters. The van der Waals surface area contributed by atoms with Crippen molar-refractivity contribution in [1.82, 2.24) is 19.8 Å². The Kier molecular flexibility index (Phi) is 5.64. The fraction of sp³-hybridized carbons (Fsp3) is 0.364. The van der Waals surface area contributed by atoms with Gasteiger partial charge < -0.3 is 19.7 Å². The second kappa shape index (κ2) is 8.57. The third-order valence-corrected chi connectivity index (χ3v) is 6.29. The van der Waals surface area contributed by atoms with Crippen LogP contribution in [0.3, 0.4) is 0 Å². The van der Waals surface area contributed by atoms with Gasteiger partial charge in [0.25, 0.3) is 0 Å². The molecule has 1 atom stereocenters. The van der Waals surface area contributed by atoms with Gasteiger partial charge in [0.2, 0.25) is 0 Å². The van der Waals surface area contributed by atoms with Crippen molar-refractivity contribution in [2.45, 2.75) is 6.10 Å². The van der Waals surface area contributed by atoms with E-state index in [1.54, 1.807) is 18.2 Å². The van der Waals surface area contributed by atoms with Crippen molar-refractivity contribution in [2.24, 2.45) is 0 Å². The molecule has 5 rings (SSSR count). The smallest absolute Gasteiger partial charge is 0.164 e. The monoisotopic (exact) mass is 487 g/mol. The van der Waals surface area contributed by atoms with Gasteiger partial charge in [-0.2, -0.15) is 0 Å². The molecule has 2 aliphatic rings. The summed E-state index contributed by atoms with van der Waals surface area (Å²) in [5, 5.41) is 3.80. The van der Waals surface area contributed by atoms with Gasteiger partial charge >= 0.3 is 0 Å². The topological polar surface area (TPSA) is 62.8 Å². The van der Waals surface area contributed by atoms with E-state index >= 15 is 0 Å². The Morgan fingerprint density at radius 3 is 2.84 bits per heavy atom. The van der Waals surface area contributed by atoms with Crippen molar-refractivity contribution in [1.29, 1.82) is 0 Å². The number of halogens is 2. The number of ether oxygens (including phenoxy) is 2. The highest BCUT2D eigenvalue weighted by Crippen LogP contribution is 2.38. The van der Waals surface area contributed by atoms with E-state index in [4.69, 9.17) is 9.47 Å². The summed E-state index contributed by atoms with van der Waals surface area (Å²) >= 11 is 3.21.